The number of hydrogen-bond acceptors (Lipinski definition) is 7. The smallest absolute Gasteiger partial charge is 0.349 e. The topological polar surface area (TPSA) is 116 Å². The number of nitrogens with one attached hydrogen (secondary N) is 1. The summed E-state index contributed by atoms with van der Waals surface area (Å²) in [6.07, 6.45) is 0.976. The molecule has 0 radical (unpaired) electrons. The van der Waals surface area contributed by atoms with Gasteiger partial charge in [-0.3, -0.25) is 15.5 Å². The monoisotopic (exact) mass is 315 g/mol. The molecule has 2 aromatic rings. The maximum atomic E-state index is 10.9. The van der Waals surface area contributed by atoms with Crippen LogP contribution in [0.15, 0.2) is 24.4 Å². The number of nitrogens with zero attached hydrogens (tertiary/aromatic N) is 3. The number of ether oxygens (including phenoxy) is 1. The van der Waals surface area contributed by atoms with Crippen molar-refractivity contribution in [2.75, 3.05) is 5.43 Å². The predicted molar refractivity (Wildman–Crippen MR) is 73.0 cm³/mol. The van der Waals surface area contributed by atoms with Gasteiger partial charge in [-0.15, -0.1) is 0 Å². The summed E-state index contributed by atoms with van der Waals surface area (Å²) in [6.45, 7) is 0. The Balaban J connectivity index is 2.42. The quantitative estimate of drug-likeness (QED) is 0.506. The zero-order chi connectivity index (χ0) is 14.7. The van der Waals surface area contributed by atoms with E-state index in [0.717, 1.165) is 6.20 Å². The molecule has 0 spiro atoms. The molecule has 3 N–H and O–H groups in total. The van der Waals surface area contributed by atoms with Crippen molar-refractivity contribution in [1.29, 1.82) is 0 Å². The van der Waals surface area contributed by atoms with E-state index in [1.807, 2.05) is 0 Å². The zero-order valence-corrected chi connectivity index (χ0v) is 11.2. The third-order valence-corrected chi connectivity index (χ3v) is 2.55. The maximum absolute atomic E-state index is 10.9. The normalized spacial score (nSPS) is 10.2. The van der Waals surface area contributed by atoms with Crippen molar-refractivity contribution in [2.45, 2.75) is 0 Å². The van der Waals surface area contributed by atoms with E-state index < -0.39 is 10.6 Å². The van der Waals surface area contributed by atoms with Crippen LogP contribution in [0.5, 0.6) is 11.6 Å². The van der Waals surface area contributed by atoms with Crippen molar-refractivity contribution in [3.8, 4) is 11.6 Å². The van der Waals surface area contributed by atoms with Gasteiger partial charge < -0.3 is 4.74 Å². The van der Waals surface area contributed by atoms with Crippen LogP contribution in [0.4, 0.5) is 11.6 Å². The van der Waals surface area contributed by atoms with Gasteiger partial charge in [0.05, 0.1) is 4.92 Å². The minimum Gasteiger partial charge on any atom is -0.433 e. The molecule has 0 bridgehead atoms. The average Bonchev–Trinajstić information content (AvgIpc) is 2.37. The van der Waals surface area contributed by atoms with Crippen LogP contribution < -0.4 is 16.0 Å². The lowest BCUT2D eigenvalue weighted by molar-refractivity contribution is -0.386. The Morgan fingerprint density at radius 1 is 1.30 bits per heavy atom. The number of anilines is 1. The second-order valence-electron chi connectivity index (χ2n) is 3.49. The van der Waals surface area contributed by atoms with Crippen LogP contribution in [0.2, 0.25) is 10.0 Å². The number of nitro groups is 1. The molecule has 1 aromatic heterocycles. The lowest BCUT2D eigenvalue weighted by Gasteiger charge is -2.07. The fourth-order valence-corrected chi connectivity index (χ4v) is 1.83. The summed E-state index contributed by atoms with van der Waals surface area (Å²) < 4.78 is 5.32. The van der Waals surface area contributed by atoms with Gasteiger partial charge in [0.15, 0.2) is 0 Å². The largest absolute Gasteiger partial charge is 0.433 e. The van der Waals surface area contributed by atoms with Crippen LogP contribution in [-0.4, -0.2) is 14.9 Å². The number of hydrazine groups is 1. The molecule has 1 aromatic carbocycles. The van der Waals surface area contributed by atoms with E-state index in [-0.39, 0.29) is 17.6 Å². The number of halogens is 2. The molecule has 2 rings (SSSR count). The Kier molecular flexibility index (Phi) is 4.18. The summed E-state index contributed by atoms with van der Waals surface area (Å²) in [7, 11) is 0. The van der Waals surface area contributed by atoms with Gasteiger partial charge in [-0.05, 0) is 18.2 Å². The van der Waals surface area contributed by atoms with Gasteiger partial charge in [0.1, 0.15) is 11.9 Å². The molecular weight excluding hydrogens is 309 g/mol. The lowest BCUT2D eigenvalue weighted by atomic mass is 10.3. The summed E-state index contributed by atoms with van der Waals surface area (Å²) in [5, 5.41) is 11.5. The molecule has 0 aliphatic carbocycles. The molecule has 8 nitrogen and oxygen atoms in total. The van der Waals surface area contributed by atoms with E-state index in [4.69, 9.17) is 33.8 Å². The standard InChI is InChI=1S/C10H7Cl2N5O3/c11-5-1-6(12)3-7(2-5)20-9-8(17(18)19)4-14-10(15-9)16-13/h1-4H,13H2,(H,14,15,16). The van der Waals surface area contributed by atoms with E-state index in [9.17, 15) is 10.1 Å². The Bertz CT molecular complexity index is 647. The zero-order valence-electron chi connectivity index (χ0n) is 9.71. The summed E-state index contributed by atoms with van der Waals surface area (Å²) >= 11 is 11.6. The maximum Gasteiger partial charge on any atom is 0.349 e. The minimum absolute atomic E-state index is 0.0290. The number of aromatic nitrogens is 2. The minimum atomic E-state index is -0.679. The van der Waals surface area contributed by atoms with Crippen molar-refractivity contribution in [3.05, 3.63) is 44.6 Å². The number of nitrogens with two attached hydrogens (primary N) is 1. The summed E-state index contributed by atoms with van der Waals surface area (Å²) in [5.41, 5.74) is 1.75. The highest BCUT2D eigenvalue weighted by atomic mass is 35.5. The van der Waals surface area contributed by atoms with E-state index in [2.05, 4.69) is 15.4 Å². The van der Waals surface area contributed by atoms with Crippen molar-refractivity contribution in [1.82, 2.24) is 9.97 Å². The molecule has 0 saturated carbocycles. The van der Waals surface area contributed by atoms with Crippen LogP contribution in [0.25, 0.3) is 0 Å². The van der Waals surface area contributed by atoms with E-state index in [0.29, 0.717) is 10.0 Å². The Morgan fingerprint density at radius 2 is 1.95 bits per heavy atom. The third kappa shape index (κ3) is 3.23. The van der Waals surface area contributed by atoms with Gasteiger partial charge in [-0.1, -0.05) is 23.2 Å². The van der Waals surface area contributed by atoms with E-state index in [1.54, 1.807) is 0 Å². The molecule has 0 unspecified atom stereocenters. The number of benzene rings is 1. The molecular formula is C10H7Cl2N5O3. The summed E-state index contributed by atoms with van der Waals surface area (Å²) in [6, 6.07) is 4.38. The van der Waals surface area contributed by atoms with Gasteiger partial charge in [0, 0.05) is 10.0 Å². The molecule has 0 amide bonds. The Labute approximate surface area is 122 Å². The molecule has 0 atom stereocenters. The predicted octanol–water partition coefficient (Wildman–Crippen LogP) is 2.77. The van der Waals surface area contributed by atoms with Crippen LogP contribution in [-0.2, 0) is 0 Å². The van der Waals surface area contributed by atoms with Crippen LogP contribution in [0.3, 0.4) is 0 Å². The highest BCUT2D eigenvalue weighted by Gasteiger charge is 2.19. The molecule has 0 fully saturated rings. The molecule has 104 valence electrons. The Hall–Kier alpha value is -2.16. The lowest BCUT2D eigenvalue weighted by Crippen LogP contribution is -2.11. The van der Waals surface area contributed by atoms with Crippen LogP contribution in [0.1, 0.15) is 0 Å². The fourth-order valence-electron chi connectivity index (χ4n) is 1.33. The third-order valence-electron chi connectivity index (χ3n) is 2.11. The SMILES string of the molecule is NNc1ncc([N+](=O)[O-])c(Oc2cc(Cl)cc(Cl)c2)n1. The van der Waals surface area contributed by atoms with Crippen molar-refractivity contribution in [2.24, 2.45) is 5.84 Å². The first-order chi connectivity index (χ1) is 9.49. The molecule has 1 heterocycles. The first-order valence-electron chi connectivity index (χ1n) is 5.11. The van der Waals surface area contributed by atoms with Crippen LogP contribution >= 0.6 is 23.2 Å². The van der Waals surface area contributed by atoms with E-state index >= 15 is 0 Å². The molecule has 20 heavy (non-hydrogen) atoms. The van der Waals surface area contributed by atoms with Crippen molar-refractivity contribution >= 4 is 34.8 Å². The van der Waals surface area contributed by atoms with Crippen LogP contribution in [0, 0.1) is 10.1 Å². The average molecular weight is 316 g/mol. The van der Waals surface area contributed by atoms with Gasteiger partial charge in [0.2, 0.25) is 5.95 Å². The van der Waals surface area contributed by atoms with Gasteiger partial charge in [0.25, 0.3) is 0 Å². The molecule has 10 heteroatoms. The Morgan fingerprint density at radius 3 is 2.50 bits per heavy atom. The highest BCUT2D eigenvalue weighted by Crippen LogP contribution is 2.32. The fraction of sp³-hybridized carbons (Fsp3) is 0. The highest BCUT2D eigenvalue weighted by molar-refractivity contribution is 6.34. The van der Waals surface area contributed by atoms with Gasteiger partial charge in [-0.25, -0.2) is 10.8 Å². The summed E-state index contributed by atoms with van der Waals surface area (Å²) in [4.78, 5) is 17.6. The number of nitrogen functional groups attached to an aromatic ring is 1. The first-order valence-corrected chi connectivity index (χ1v) is 5.87. The van der Waals surface area contributed by atoms with Gasteiger partial charge in [-0.2, -0.15) is 4.98 Å². The molecule has 0 aliphatic rings. The summed E-state index contributed by atoms with van der Waals surface area (Å²) in [5.74, 6) is 5.03. The van der Waals surface area contributed by atoms with Crippen molar-refractivity contribution < 1.29 is 9.66 Å². The number of hydrogen-bond donors (Lipinski definition) is 2. The first kappa shape index (κ1) is 14.3. The second-order valence-corrected chi connectivity index (χ2v) is 4.37. The molecule has 0 aliphatic heterocycles. The van der Waals surface area contributed by atoms with Crippen molar-refractivity contribution in [3.63, 3.8) is 0 Å². The second kappa shape index (κ2) is 5.87. The molecule has 0 saturated heterocycles. The number of rotatable bonds is 4. The van der Waals surface area contributed by atoms with Gasteiger partial charge >= 0.3 is 11.6 Å². The van der Waals surface area contributed by atoms with E-state index in [1.165, 1.54) is 18.2 Å².